The van der Waals surface area contributed by atoms with Crippen molar-refractivity contribution in [1.29, 1.82) is 0 Å². The molecular formula is C23H23ClN4O6. The van der Waals surface area contributed by atoms with Gasteiger partial charge in [0.05, 0.1) is 26.3 Å². The number of aliphatic hydroxyl groups is 1. The van der Waals surface area contributed by atoms with Gasteiger partial charge >= 0.3 is 0 Å². The Morgan fingerprint density at radius 2 is 2.00 bits per heavy atom. The van der Waals surface area contributed by atoms with Gasteiger partial charge in [0.1, 0.15) is 22.1 Å². The van der Waals surface area contributed by atoms with Gasteiger partial charge in [0.2, 0.25) is 17.3 Å². The fraction of sp³-hybridized carbons (Fsp3) is 0.348. The highest BCUT2D eigenvalue weighted by Gasteiger charge is 2.60. The number of methoxy groups -OCH3 is 2. The fourth-order valence-electron chi connectivity index (χ4n) is 4.09. The number of nitrogens with one attached hydrogen (secondary N) is 1. The van der Waals surface area contributed by atoms with Crippen LogP contribution in [0.5, 0.6) is 17.2 Å². The van der Waals surface area contributed by atoms with Crippen molar-refractivity contribution in [2.75, 3.05) is 32.6 Å². The van der Waals surface area contributed by atoms with Crippen LogP contribution in [-0.4, -0.2) is 65.8 Å². The van der Waals surface area contributed by atoms with Crippen LogP contribution in [0.2, 0.25) is 5.02 Å². The van der Waals surface area contributed by atoms with E-state index in [0.29, 0.717) is 12.5 Å². The maximum absolute atomic E-state index is 13.6. The van der Waals surface area contributed by atoms with Crippen LogP contribution in [0.25, 0.3) is 0 Å². The zero-order valence-corrected chi connectivity index (χ0v) is 19.5. The van der Waals surface area contributed by atoms with Crippen LogP contribution in [0, 0.1) is 5.92 Å². The van der Waals surface area contributed by atoms with Crippen molar-refractivity contribution in [2.45, 2.75) is 18.9 Å². The summed E-state index contributed by atoms with van der Waals surface area (Å²) < 4.78 is 16.7. The topological polar surface area (TPSA) is 132 Å². The molecule has 178 valence electrons. The van der Waals surface area contributed by atoms with Gasteiger partial charge in [-0.2, -0.15) is 0 Å². The van der Waals surface area contributed by atoms with E-state index in [4.69, 9.17) is 25.8 Å². The van der Waals surface area contributed by atoms with Gasteiger partial charge in [0, 0.05) is 43.6 Å². The Hall–Kier alpha value is -3.66. The number of nitrogens with zero attached hydrogens (tertiary/aromatic N) is 3. The van der Waals surface area contributed by atoms with Crippen molar-refractivity contribution in [3.05, 3.63) is 46.4 Å². The van der Waals surface area contributed by atoms with Gasteiger partial charge in [0.15, 0.2) is 17.3 Å². The van der Waals surface area contributed by atoms with Crippen LogP contribution >= 0.6 is 11.6 Å². The maximum Gasteiger partial charge on any atom is 0.231 e. The summed E-state index contributed by atoms with van der Waals surface area (Å²) in [5.74, 6) is -1.12. The molecule has 2 heterocycles. The third-order valence-corrected chi connectivity index (χ3v) is 6.18. The highest BCUT2D eigenvalue weighted by atomic mass is 35.5. The van der Waals surface area contributed by atoms with Gasteiger partial charge in [-0.1, -0.05) is 18.5 Å². The Morgan fingerprint density at radius 1 is 1.29 bits per heavy atom. The summed E-state index contributed by atoms with van der Waals surface area (Å²) in [6, 6.07) is 3.18. The molecule has 0 amide bonds. The highest BCUT2D eigenvalue weighted by molar-refractivity contribution is 6.35. The summed E-state index contributed by atoms with van der Waals surface area (Å²) in [6.07, 6.45) is 4.45. The van der Waals surface area contributed by atoms with Gasteiger partial charge in [-0.05, 0) is 6.07 Å². The van der Waals surface area contributed by atoms with Crippen molar-refractivity contribution < 1.29 is 28.9 Å². The smallest absolute Gasteiger partial charge is 0.231 e. The largest absolute Gasteiger partial charge is 0.507 e. The van der Waals surface area contributed by atoms with E-state index in [1.165, 1.54) is 26.5 Å². The van der Waals surface area contributed by atoms with Crippen LogP contribution < -0.4 is 19.5 Å². The second-order valence-electron chi connectivity index (χ2n) is 7.79. The minimum absolute atomic E-state index is 0.0294. The number of aromatic nitrogens is 2. The molecule has 1 aromatic carbocycles. The quantitative estimate of drug-likeness (QED) is 0.447. The lowest BCUT2D eigenvalue weighted by molar-refractivity contribution is -0.118. The van der Waals surface area contributed by atoms with E-state index in [1.807, 2.05) is 0 Å². The zero-order chi connectivity index (χ0) is 24.5. The molecule has 1 spiro atoms. The van der Waals surface area contributed by atoms with E-state index < -0.39 is 23.1 Å². The first-order valence-electron chi connectivity index (χ1n) is 10.5. The van der Waals surface area contributed by atoms with E-state index in [1.54, 1.807) is 25.4 Å². The summed E-state index contributed by atoms with van der Waals surface area (Å²) in [5, 5.41) is 14.3. The number of allylic oxidation sites excluding steroid dienone is 1. The molecule has 0 radical (unpaired) electrons. The summed E-state index contributed by atoms with van der Waals surface area (Å²) in [5.41, 5.74) is -1.82. The molecule has 2 unspecified atom stereocenters. The lowest BCUT2D eigenvalue weighted by Gasteiger charge is -2.36. The van der Waals surface area contributed by atoms with E-state index in [-0.39, 0.29) is 52.2 Å². The number of ketones is 2. The molecule has 1 aromatic heterocycles. The molecule has 10 nitrogen and oxygen atoms in total. The van der Waals surface area contributed by atoms with E-state index >= 15 is 0 Å². The number of hydrogen-bond acceptors (Lipinski definition) is 10. The first-order chi connectivity index (χ1) is 16.3. The fourth-order valence-corrected chi connectivity index (χ4v) is 4.36. The summed E-state index contributed by atoms with van der Waals surface area (Å²) >= 11 is 6.41. The number of rotatable bonds is 7. The number of carbonyl (C=O) groups is 2. The Kier molecular flexibility index (Phi) is 6.43. The number of carbonyl (C=O) groups excluding carboxylic acids is 2. The molecule has 0 bridgehead atoms. The van der Waals surface area contributed by atoms with E-state index in [0.717, 1.165) is 0 Å². The van der Waals surface area contributed by atoms with Gasteiger partial charge in [-0.15, -0.1) is 0 Å². The van der Waals surface area contributed by atoms with Crippen molar-refractivity contribution in [2.24, 2.45) is 10.9 Å². The highest BCUT2D eigenvalue weighted by Crippen LogP contribution is 2.54. The number of fused-ring (bicyclic) bond motifs is 1. The Balaban J connectivity index is 1.65. The molecule has 2 aromatic rings. The van der Waals surface area contributed by atoms with Gasteiger partial charge < -0.3 is 24.6 Å². The molecule has 0 fully saturated rings. The summed E-state index contributed by atoms with van der Waals surface area (Å²) in [7, 11) is 2.82. The molecule has 1 aliphatic carbocycles. The molecule has 0 saturated heterocycles. The van der Waals surface area contributed by atoms with E-state index in [2.05, 4.69) is 20.3 Å². The van der Waals surface area contributed by atoms with Crippen LogP contribution in [-0.2, 0) is 4.79 Å². The predicted octanol–water partition coefficient (Wildman–Crippen LogP) is 3.07. The average Bonchev–Trinajstić information content (AvgIpc) is 3.15. The third kappa shape index (κ3) is 3.73. The zero-order valence-electron chi connectivity index (χ0n) is 18.8. The first kappa shape index (κ1) is 23.5. The van der Waals surface area contributed by atoms with Crippen LogP contribution in [0.3, 0.4) is 0 Å². The number of halogens is 1. The number of aliphatic imine (C=N–C) groups is 1. The van der Waals surface area contributed by atoms with Gasteiger partial charge in [0.25, 0.3) is 0 Å². The number of benzene rings is 1. The Morgan fingerprint density at radius 3 is 2.68 bits per heavy atom. The number of hydrogen-bond donors (Lipinski definition) is 2. The number of aliphatic hydroxyl groups excluding tert-OH is 1. The van der Waals surface area contributed by atoms with Crippen LogP contribution in [0.15, 0.2) is 40.9 Å². The lowest BCUT2D eigenvalue weighted by atomic mass is 9.73. The molecule has 2 N–H and O–H groups in total. The van der Waals surface area contributed by atoms with Crippen LogP contribution in [0.4, 0.5) is 5.95 Å². The maximum atomic E-state index is 13.6. The molecule has 34 heavy (non-hydrogen) atoms. The average molecular weight is 487 g/mol. The minimum Gasteiger partial charge on any atom is -0.507 e. The van der Waals surface area contributed by atoms with Gasteiger partial charge in [-0.25, -0.2) is 9.97 Å². The lowest BCUT2D eigenvalue weighted by Crippen LogP contribution is -2.52. The van der Waals surface area contributed by atoms with Crippen molar-refractivity contribution in [3.63, 3.8) is 0 Å². The minimum atomic E-state index is -1.82. The first-order valence-corrected chi connectivity index (χ1v) is 10.9. The van der Waals surface area contributed by atoms with Crippen molar-refractivity contribution >= 4 is 35.3 Å². The molecule has 11 heteroatoms. The van der Waals surface area contributed by atoms with Gasteiger partial charge in [-0.3, -0.25) is 14.6 Å². The molecule has 2 aliphatic rings. The second kappa shape index (κ2) is 9.30. The molecule has 4 rings (SSSR count). The standard InChI is InChI=1S/C23H23ClN4O6/c1-12-9-14(29)13(11-25-7-8-28-22-26-5-4-6-27-22)20(30)23(12)21(31)17-15(32-2)10-16(33-3)18(24)19(17)34-23/h4-6,10-12,30H,7-9H2,1-3H3,(H,26,27,28). The molecule has 2 atom stereocenters. The van der Waals surface area contributed by atoms with Crippen molar-refractivity contribution in [3.8, 4) is 17.2 Å². The molecule has 1 aliphatic heterocycles. The van der Waals surface area contributed by atoms with E-state index in [9.17, 15) is 14.7 Å². The van der Waals surface area contributed by atoms with Crippen molar-refractivity contribution in [1.82, 2.24) is 9.97 Å². The third-order valence-electron chi connectivity index (χ3n) is 5.82. The molecular weight excluding hydrogens is 464 g/mol. The monoisotopic (exact) mass is 486 g/mol. The predicted molar refractivity (Wildman–Crippen MR) is 125 cm³/mol. The summed E-state index contributed by atoms with van der Waals surface area (Å²) in [6.45, 7) is 2.34. The SMILES string of the molecule is COc1cc(OC)c2c(c1Cl)OC1(C2=O)C(O)=C(C=NCCNc2ncccn2)C(=O)CC1C. The second-order valence-corrected chi connectivity index (χ2v) is 8.17. The number of Topliss-reactive ketones (excluding diaryl/α,β-unsaturated/α-hetero) is 2. The number of anilines is 1. The Bertz CT molecular complexity index is 1200. The summed E-state index contributed by atoms with van der Waals surface area (Å²) in [4.78, 5) is 38.7. The Labute approximate surface area is 200 Å². The normalized spacial score (nSPS) is 21.7. The molecule has 0 saturated carbocycles. The van der Waals surface area contributed by atoms with Crippen LogP contribution in [0.1, 0.15) is 23.7 Å². The number of ether oxygens (including phenoxy) is 3.